The molecular weight excluding hydrogens is 402 g/mol. The maximum absolute atomic E-state index is 12.1. The Morgan fingerprint density at radius 1 is 1.12 bits per heavy atom. The minimum atomic E-state index is -0.113. The van der Waals surface area contributed by atoms with Crippen molar-refractivity contribution in [2.45, 2.75) is 25.3 Å². The first kappa shape index (κ1) is 21.7. The van der Waals surface area contributed by atoms with Crippen molar-refractivity contribution in [3.05, 3.63) is 87.6 Å². The van der Waals surface area contributed by atoms with Gasteiger partial charge in [-0.1, -0.05) is 30.2 Å². The zero-order chi connectivity index (χ0) is 22.5. The van der Waals surface area contributed by atoms with Crippen LogP contribution in [0.15, 0.2) is 59.4 Å². The molecule has 6 heteroatoms. The number of terminal acetylenes is 1. The van der Waals surface area contributed by atoms with E-state index in [4.69, 9.17) is 15.9 Å². The van der Waals surface area contributed by atoms with Gasteiger partial charge in [-0.25, -0.2) is 4.98 Å². The summed E-state index contributed by atoms with van der Waals surface area (Å²) in [5.74, 6) is 5.07. The molecule has 6 nitrogen and oxygen atoms in total. The van der Waals surface area contributed by atoms with E-state index in [1.807, 2.05) is 37.3 Å². The monoisotopic (exact) mass is 429 g/mol. The number of hydrogen-bond donors (Lipinski definition) is 1. The summed E-state index contributed by atoms with van der Waals surface area (Å²) in [6, 6.07) is 17.8. The van der Waals surface area contributed by atoms with E-state index in [2.05, 4.69) is 39.0 Å². The molecule has 0 aliphatic carbocycles. The van der Waals surface area contributed by atoms with Gasteiger partial charge < -0.3 is 14.5 Å². The molecule has 1 fully saturated rings. The van der Waals surface area contributed by atoms with E-state index in [1.165, 1.54) is 5.56 Å². The Balaban J connectivity index is 1.60. The number of methoxy groups -OCH3 is 1. The summed E-state index contributed by atoms with van der Waals surface area (Å²) in [7, 11) is 1.67. The molecule has 1 saturated heterocycles. The summed E-state index contributed by atoms with van der Waals surface area (Å²) in [4.78, 5) is 22.0. The summed E-state index contributed by atoms with van der Waals surface area (Å²) in [6.45, 7) is 4.52. The lowest BCUT2D eigenvalue weighted by Crippen LogP contribution is -2.20. The number of rotatable bonds is 7. The standard InChI is InChI=1S/C26H27N3O3/c1-4-12-32-22-7-5-6-19(13-22)15-29-16-23(20-8-10-21(31-3)11-9-20)24(17-29)25-14-26(30)28-18(2)27-25/h1,5-11,13-14,23-24H,12,15-17H2,2-3H3,(H,27,28,30)/t23-,24+/m0/s1. The molecule has 0 unspecified atom stereocenters. The molecule has 0 bridgehead atoms. The lowest BCUT2D eigenvalue weighted by Gasteiger charge is -2.19. The Kier molecular flexibility index (Phi) is 6.58. The normalized spacial score (nSPS) is 18.3. The molecule has 0 radical (unpaired) electrons. The third-order valence-electron chi connectivity index (χ3n) is 5.83. The number of nitrogens with zero attached hydrogens (tertiary/aromatic N) is 2. The summed E-state index contributed by atoms with van der Waals surface area (Å²) in [5, 5.41) is 0. The molecule has 0 saturated carbocycles. The van der Waals surface area contributed by atoms with Gasteiger partial charge in [0.2, 0.25) is 0 Å². The molecule has 1 aliphatic rings. The van der Waals surface area contributed by atoms with Gasteiger partial charge in [0.05, 0.1) is 12.8 Å². The van der Waals surface area contributed by atoms with Crippen molar-refractivity contribution in [1.82, 2.24) is 14.9 Å². The van der Waals surface area contributed by atoms with Crippen LogP contribution in [0.3, 0.4) is 0 Å². The van der Waals surface area contributed by atoms with Gasteiger partial charge in [0.25, 0.3) is 5.56 Å². The Hall–Kier alpha value is -3.56. The van der Waals surface area contributed by atoms with Crippen LogP contribution in [0.1, 0.15) is 34.5 Å². The number of H-pyrrole nitrogens is 1. The van der Waals surface area contributed by atoms with Crippen LogP contribution in [-0.2, 0) is 6.54 Å². The molecule has 1 aliphatic heterocycles. The summed E-state index contributed by atoms with van der Waals surface area (Å²) < 4.78 is 10.9. The average molecular weight is 430 g/mol. The number of ether oxygens (including phenoxy) is 2. The second-order valence-corrected chi connectivity index (χ2v) is 8.08. The van der Waals surface area contributed by atoms with Gasteiger partial charge in [-0.3, -0.25) is 9.69 Å². The molecule has 0 amide bonds. The van der Waals surface area contributed by atoms with Crippen molar-refractivity contribution in [3.8, 4) is 23.8 Å². The van der Waals surface area contributed by atoms with E-state index in [1.54, 1.807) is 13.2 Å². The molecule has 2 atom stereocenters. The SMILES string of the molecule is C#CCOc1cccc(CN2C[C@@H](c3ccc(OC)cc3)[C@H](c3cc(=O)[nH]c(C)n3)C2)c1. The quantitative estimate of drug-likeness (QED) is 0.583. The molecule has 32 heavy (non-hydrogen) atoms. The Morgan fingerprint density at radius 2 is 1.91 bits per heavy atom. The van der Waals surface area contributed by atoms with Crippen LogP contribution in [0, 0.1) is 19.3 Å². The van der Waals surface area contributed by atoms with Crippen LogP contribution < -0.4 is 15.0 Å². The maximum atomic E-state index is 12.1. The minimum absolute atomic E-state index is 0.113. The van der Waals surface area contributed by atoms with Crippen molar-refractivity contribution >= 4 is 0 Å². The van der Waals surface area contributed by atoms with Crippen LogP contribution in [0.5, 0.6) is 11.5 Å². The van der Waals surface area contributed by atoms with E-state index in [0.717, 1.165) is 42.4 Å². The van der Waals surface area contributed by atoms with Gasteiger partial charge in [-0.15, -0.1) is 6.42 Å². The summed E-state index contributed by atoms with van der Waals surface area (Å²) in [5.41, 5.74) is 3.09. The third kappa shape index (κ3) is 5.01. The van der Waals surface area contributed by atoms with E-state index in [-0.39, 0.29) is 24.0 Å². The van der Waals surface area contributed by atoms with Crippen molar-refractivity contribution in [3.63, 3.8) is 0 Å². The topological polar surface area (TPSA) is 67.5 Å². The van der Waals surface area contributed by atoms with Crippen LogP contribution in [0.25, 0.3) is 0 Å². The highest BCUT2D eigenvalue weighted by Gasteiger charge is 2.36. The van der Waals surface area contributed by atoms with Crippen molar-refractivity contribution < 1.29 is 9.47 Å². The molecule has 2 aromatic carbocycles. The van der Waals surface area contributed by atoms with Crippen LogP contribution >= 0.6 is 0 Å². The minimum Gasteiger partial charge on any atom is -0.497 e. The number of nitrogens with one attached hydrogen (secondary N) is 1. The molecule has 0 spiro atoms. The highest BCUT2D eigenvalue weighted by Crippen LogP contribution is 2.39. The zero-order valence-electron chi connectivity index (χ0n) is 18.4. The van der Waals surface area contributed by atoms with Gasteiger partial charge in [-0.05, 0) is 42.3 Å². The molecule has 3 aromatic rings. The number of hydrogen-bond acceptors (Lipinski definition) is 5. The smallest absolute Gasteiger partial charge is 0.251 e. The molecular formula is C26H27N3O3. The Labute approximate surface area is 188 Å². The Morgan fingerprint density at radius 3 is 2.62 bits per heavy atom. The van der Waals surface area contributed by atoms with E-state index in [9.17, 15) is 4.79 Å². The van der Waals surface area contributed by atoms with Gasteiger partial charge in [0.1, 0.15) is 23.9 Å². The summed E-state index contributed by atoms with van der Waals surface area (Å²) in [6.07, 6.45) is 5.31. The first-order chi connectivity index (χ1) is 15.6. The first-order valence-corrected chi connectivity index (χ1v) is 10.6. The van der Waals surface area contributed by atoms with Crippen molar-refractivity contribution in [2.75, 3.05) is 26.8 Å². The maximum Gasteiger partial charge on any atom is 0.251 e. The molecule has 4 rings (SSSR count). The average Bonchev–Trinajstić information content (AvgIpc) is 3.21. The fourth-order valence-corrected chi connectivity index (χ4v) is 4.41. The second kappa shape index (κ2) is 9.71. The largest absolute Gasteiger partial charge is 0.497 e. The predicted molar refractivity (Wildman–Crippen MR) is 124 cm³/mol. The van der Waals surface area contributed by atoms with Crippen LogP contribution in [0.4, 0.5) is 0 Å². The van der Waals surface area contributed by atoms with E-state index < -0.39 is 0 Å². The van der Waals surface area contributed by atoms with Gasteiger partial charge in [0.15, 0.2) is 0 Å². The third-order valence-corrected chi connectivity index (χ3v) is 5.83. The van der Waals surface area contributed by atoms with Crippen LogP contribution in [0.2, 0.25) is 0 Å². The number of likely N-dealkylation sites (tertiary alicyclic amines) is 1. The fourth-order valence-electron chi connectivity index (χ4n) is 4.41. The highest BCUT2D eigenvalue weighted by atomic mass is 16.5. The predicted octanol–water partition coefficient (Wildman–Crippen LogP) is 3.48. The van der Waals surface area contributed by atoms with Gasteiger partial charge >= 0.3 is 0 Å². The van der Waals surface area contributed by atoms with Gasteiger partial charge in [-0.2, -0.15) is 0 Å². The Bertz CT molecular complexity index is 1160. The van der Waals surface area contributed by atoms with Gasteiger partial charge in [0, 0.05) is 37.5 Å². The molecule has 2 heterocycles. The van der Waals surface area contributed by atoms with Crippen LogP contribution in [-0.4, -0.2) is 41.7 Å². The molecule has 1 N–H and O–H groups in total. The van der Waals surface area contributed by atoms with E-state index >= 15 is 0 Å². The fraction of sp³-hybridized carbons (Fsp3) is 0.308. The van der Waals surface area contributed by atoms with Crippen molar-refractivity contribution in [1.29, 1.82) is 0 Å². The first-order valence-electron chi connectivity index (χ1n) is 10.6. The lowest BCUT2D eigenvalue weighted by atomic mass is 9.86. The number of aryl methyl sites for hydroxylation is 1. The highest BCUT2D eigenvalue weighted by molar-refractivity contribution is 5.34. The van der Waals surface area contributed by atoms with E-state index in [0.29, 0.717) is 5.82 Å². The molecule has 164 valence electrons. The number of aromatic amines is 1. The second-order valence-electron chi connectivity index (χ2n) is 8.08. The number of aromatic nitrogens is 2. The summed E-state index contributed by atoms with van der Waals surface area (Å²) >= 11 is 0. The van der Waals surface area contributed by atoms with Crippen molar-refractivity contribution in [2.24, 2.45) is 0 Å². The number of benzene rings is 2. The lowest BCUT2D eigenvalue weighted by molar-refractivity contribution is 0.321. The zero-order valence-corrected chi connectivity index (χ0v) is 18.4. The molecule has 1 aromatic heterocycles.